The molecule has 4 aliphatic carbocycles. The van der Waals surface area contributed by atoms with Gasteiger partial charge >= 0.3 is 0 Å². The first-order valence-electron chi connectivity index (χ1n) is 7.94. The van der Waals surface area contributed by atoms with Crippen molar-refractivity contribution in [3.63, 3.8) is 0 Å². The SMILES string of the molecule is C[C@]12CCC3C(=CCC4=C3CCC(O)=C4)C1CCC2=O. The Labute approximate surface area is 120 Å². The van der Waals surface area contributed by atoms with Crippen molar-refractivity contribution in [2.75, 3.05) is 0 Å². The minimum Gasteiger partial charge on any atom is -0.512 e. The fourth-order valence-electron chi connectivity index (χ4n) is 5.04. The maximum Gasteiger partial charge on any atom is 0.139 e. The van der Waals surface area contributed by atoms with Crippen molar-refractivity contribution < 1.29 is 9.90 Å². The summed E-state index contributed by atoms with van der Waals surface area (Å²) in [7, 11) is 0. The van der Waals surface area contributed by atoms with Gasteiger partial charge in [-0.15, -0.1) is 0 Å². The third kappa shape index (κ3) is 1.54. The van der Waals surface area contributed by atoms with Gasteiger partial charge in [-0.25, -0.2) is 0 Å². The zero-order chi connectivity index (χ0) is 13.9. The maximum absolute atomic E-state index is 12.2. The van der Waals surface area contributed by atoms with Crippen LogP contribution in [0.3, 0.4) is 0 Å². The van der Waals surface area contributed by atoms with Gasteiger partial charge in [0.05, 0.1) is 5.76 Å². The molecule has 20 heavy (non-hydrogen) atoms. The molecule has 0 radical (unpaired) electrons. The second-order valence-corrected chi connectivity index (χ2v) is 7.12. The lowest BCUT2D eigenvalue weighted by atomic mass is 9.59. The molecule has 0 heterocycles. The normalized spacial score (nSPS) is 39.8. The molecule has 2 saturated carbocycles. The molecule has 2 unspecified atom stereocenters. The number of carbonyl (C=O) groups is 1. The Morgan fingerprint density at radius 3 is 2.95 bits per heavy atom. The van der Waals surface area contributed by atoms with Gasteiger partial charge in [0.25, 0.3) is 0 Å². The number of hydrogen-bond donors (Lipinski definition) is 1. The summed E-state index contributed by atoms with van der Waals surface area (Å²) in [5.41, 5.74) is 4.38. The summed E-state index contributed by atoms with van der Waals surface area (Å²) < 4.78 is 0. The van der Waals surface area contributed by atoms with Crippen molar-refractivity contribution >= 4 is 5.78 Å². The zero-order valence-electron chi connectivity index (χ0n) is 12.1. The molecule has 0 bridgehead atoms. The van der Waals surface area contributed by atoms with E-state index in [1.807, 2.05) is 6.08 Å². The minimum atomic E-state index is -0.0763. The van der Waals surface area contributed by atoms with Gasteiger partial charge in [0.15, 0.2) is 0 Å². The van der Waals surface area contributed by atoms with E-state index in [0.29, 0.717) is 23.4 Å². The quantitative estimate of drug-likeness (QED) is 0.668. The molecule has 2 heteroatoms. The number of allylic oxidation sites excluding steroid dienone is 6. The van der Waals surface area contributed by atoms with Gasteiger partial charge in [-0.2, -0.15) is 0 Å². The third-order valence-electron chi connectivity index (χ3n) is 6.21. The predicted molar refractivity (Wildman–Crippen MR) is 78.2 cm³/mol. The average molecular weight is 270 g/mol. The second-order valence-electron chi connectivity index (χ2n) is 7.12. The molecule has 4 rings (SSSR count). The van der Waals surface area contributed by atoms with Gasteiger partial charge in [-0.1, -0.05) is 24.1 Å². The van der Waals surface area contributed by atoms with Crippen LogP contribution in [0.25, 0.3) is 0 Å². The smallest absolute Gasteiger partial charge is 0.139 e. The Bertz CT molecular complexity index is 578. The van der Waals surface area contributed by atoms with Crippen LogP contribution in [0.1, 0.15) is 51.9 Å². The minimum absolute atomic E-state index is 0.0763. The number of carbonyl (C=O) groups excluding carboxylic acids is 1. The van der Waals surface area contributed by atoms with Crippen LogP contribution >= 0.6 is 0 Å². The summed E-state index contributed by atoms with van der Waals surface area (Å²) in [6.45, 7) is 2.19. The highest BCUT2D eigenvalue weighted by atomic mass is 16.3. The van der Waals surface area contributed by atoms with E-state index in [2.05, 4.69) is 13.0 Å². The highest BCUT2D eigenvalue weighted by Gasteiger charge is 2.52. The number of hydrogen-bond acceptors (Lipinski definition) is 2. The zero-order valence-corrected chi connectivity index (χ0v) is 12.1. The molecule has 0 aromatic heterocycles. The molecule has 1 N–H and O–H groups in total. The van der Waals surface area contributed by atoms with Crippen molar-refractivity contribution in [1.82, 2.24) is 0 Å². The van der Waals surface area contributed by atoms with E-state index in [-0.39, 0.29) is 5.41 Å². The van der Waals surface area contributed by atoms with E-state index in [0.717, 1.165) is 44.9 Å². The van der Waals surface area contributed by atoms with Crippen LogP contribution in [0, 0.1) is 17.3 Å². The Hall–Kier alpha value is -1.31. The van der Waals surface area contributed by atoms with Crippen LogP contribution in [-0.4, -0.2) is 10.9 Å². The predicted octanol–water partition coefficient (Wildman–Crippen LogP) is 4.24. The number of Topliss-reactive ketones (excluding diaryl/α,β-unsaturated/α-hetero) is 1. The first-order valence-corrected chi connectivity index (χ1v) is 7.94. The lowest BCUT2D eigenvalue weighted by Crippen LogP contribution is -2.38. The summed E-state index contributed by atoms with van der Waals surface area (Å²) in [5, 5.41) is 9.73. The van der Waals surface area contributed by atoms with Gasteiger partial charge in [-0.05, 0) is 49.7 Å². The van der Waals surface area contributed by atoms with Crippen LogP contribution in [-0.2, 0) is 4.79 Å². The number of aliphatic hydroxyl groups excluding tert-OH is 1. The standard InChI is InChI=1S/C18H22O2/c1-18-9-8-14-13-5-3-12(19)10-11(13)2-4-15(14)16(18)6-7-17(18)20/h4,10,14,16,19H,2-3,5-9H2,1H3/t14?,16?,18-/m0/s1. The summed E-state index contributed by atoms with van der Waals surface area (Å²) in [6, 6.07) is 0. The summed E-state index contributed by atoms with van der Waals surface area (Å²) in [4.78, 5) is 12.2. The third-order valence-corrected chi connectivity index (χ3v) is 6.21. The van der Waals surface area contributed by atoms with Crippen LogP contribution in [0.4, 0.5) is 0 Å². The number of fused-ring (bicyclic) bond motifs is 4. The molecular formula is C18H22O2. The molecule has 0 aliphatic heterocycles. The fraction of sp³-hybridized carbons (Fsp3) is 0.611. The molecular weight excluding hydrogens is 248 g/mol. The fourth-order valence-corrected chi connectivity index (χ4v) is 5.04. The largest absolute Gasteiger partial charge is 0.512 e. The highest BCUT2D eigenvalue weighted by molar-refractivity contribution is 5.88. The van der Waals surface area contributed by atoms with E-state index in [4.69, 9.17) is 0 Å². The molecule has 0 saturated heterocycles. The van der Waals surface area contributed by atoms with Crippen molar-refractivity contribution in [1.29, 1.82) is 0 Å². The van der Waals surface area contributed by atoms with Crippen molar-refractivity contribution in [3.05, 3.63) is 34.6 Å². The molecule has 0 spiro atoms. The summed E-state index contributed by atoms with van der Waals surface area (Å²) in [5.74, 6) is 2.08. The Morgan fingerprint density at radius 1 is 1.25 bits per heavy atom. The Kier molecular flexibility index (Phi) is 2.55. The lowest BCUT2D eigenvalue weighted by Gasteiger charge is -2.45. The molecule has 106 valence electrons. The molecule has 2 nitrogen and oxygen atoms in total. The van der Waals surface area contributed by atoms with Gasteiger partial charge in [0.1, 0.15) is 5.78 Å². The van der Waals surface area contributed by atoms with Gasteiger partial charge in [0, 0.05) is 24.2 Å². The highest BCUT2D eigenvalue weighted by Crippen LogP contribution is 2.57. The Balaban J connectivity index is 1.72. The molecule has 0 aromatic rings. The van der Waals surface area contributed by atoms with Crippen molar-refractivity contribution in [2.24, 2.45) is 17.3 Å². The van der Waals surface area contributed by atoms with E-state index < -0.39 is 0 Å². The van der Waals surface area contributed by atoms with E-state index in [9.17, 15) is 9.90 Å². The lowest BCUT2D eigenvalue weighted by molar-refractivity contribution is -0.127. The Morgan fingerprint density at radius 2 is 2.10 bits per heavy atom. The topological polar surface area (TPSA) is 37.3 Å². The molecule has 4 aliphatic rings. The first-order chi connectivity index (χ1) is 9.59. The summed E-state index contributed by atoms with van der Waals surface area (Å²) in [6.07, 6.45) is 11.1. The summed E-state index contributed by atoms with van der Waals surface area (Å²) >= 11 is 0. The molecule has 0 aromatic carbocycles. The van der Waals surface area contributed by atoms with Crippen LogP contribution in [0.15, 0.2) is 34.6 Å². The van der Waals surface area contributed by atoms with Crippen LogP contribution in [0.5, 0.6) is 0 Å². The van der Waals surface area contributed by atoms with Gasteiger partial charge < -0.3 is 5.11 Å². The average Bonchev–Trinajstić information content (AvgIpc) is 2.74. The first kappa shape index (κ1) is 12.4. The van der Waals surface area contributed by atoms with Gasteiger partial charge in [0.2, 0.25) is 0 Å². The van der Waals surface area contributed by atoms with Crippen molar-refractivity contribution in [3.8, 4) is 0 Å². The van der Waals surface area contributed by atoms with Gasteiger partial charge in [-0.3, -0.25) is 4.79 Å². The van der Waals surface area contributed by atoms with E-state index in [1.54, 1.807) is 11.1 Å². The maximum atomic E-state index is 12.2. The van der Waals surface area contributed by atoms with Crippen LogP contribution in [0.2, 0.25) is 0 Å². The molecule has 0 amide bonds. The number of rotatable bonds is 0. The number of aliphatic hydroxyl groups is 1. The van der Waals surface area contributed by atoms with Crippen molar-refractivity contribution in [2.45, 2.75) is 51.9 Å². The second kappa shape index (κ2) is 4.09. The van der Waals surface area contributed by atoms with E-state index in [1.165, 1.54) is 5.57 Å². The molecule has 3 atom stereocenters. The number of ketones is 1. The van der Waals surface area contributed by atoms with E-state index >= 15 is 0 Å². The molecule has 2 fully saturated rings. The monoisotopic (exact) mass is 270 g/mol. The van der Waals surface area contributed by atoms with Crippen LogP contribution < -0.4 is 0 Å².